The summed E-state index contributed by atoms with van der Waals surface area (Å²) in [5.41, 5.74) is 0.835. The van der Waals surface area contributed by atoms with E-state index in [0.717, 1.165) is 17.3 Å². The van der Waals surface area contributed by atoms with E-state index in [2.05, 4.69) is 14.9 Å². The fourth-order valence-electron chi connectivity index (χ4n) is 3.12. The molecule has 7 nitrogen and oxygen atoms in total. The third kappa shape index (κ3) is 3.60. The second kappa shape index (κ2) is 6.38. The Hall–Kier alpha value is -2.57. The van der Waals surface area contributed by atoms with Gasteiger partial charge in [-0.3, -0.25) is 9.59 Å². The molecule has 1 fully saturated rings. The van der Waals surface area contributed by atoms with Crippen LogP contribution in [0.15, 0.2) is 22.7 Å². The van der Waals surface area contributed by atoms with E-state index in [1.807, 2.05) is 13.1 Å². The summed E-state index contributed by atoms with van der Waals surface area (Å²) in [6, 6.07) is 3.50. The second-order valence-electron chi connectivity index (χ2n) is 6.90. The molecule has 0 unspecified atom stereocenters. The topological polar surface area (TPSA) is 80.4 Å². The lowest BCUT2D eigenvalue weighted by Gasteiger charge is -2.26. The number of furan rings is 1. The van der Waals surface area contributed by atoms with Gasteiger partial charge in [-0.15, -0.1) is 0 Å². The maximum Gasteiger partial charge on any atom is 0.290 e. The molecule has 2 aromatic heterocycles. The molecular weight excluding hydrogens is 320 g/mol. The van der Waals surface area contributed by atoms with Gasteiger partial charge in [0.25, 0.3) is 5.91 Å². The summed E-state index contributed by atoms with van der Waals surface area (Å²) >= 11 is 0. The molecule has 1 saturated carbocycles. The number of amides is 2. The van der Waals surface area contributed by atoms with Crippen LogP contribution >= 0.6 is 0 Å². The maximum absolute atomic E-state index is 12.5. The lowest BCUT2D eigenvalue weighted by atomic mass is 10.3. The summed E-state index contributed by atoms with van der Waals surface area (Å²) in [6.45, 7) is 4.04. The standard InChI is InChI=1S/C18H22N4O3/c1-12-2-5-15(25-12)18(24)22-7-6-21-10-14(20-16(21)11-22)9-19-17(23)8-13-3-4-13/h2,5,10,13H,3-4,6-9,11H2,1H3,(H,19,23). The lowest BCUT2D eigenvalue weighted by molar-refractivity contribution is -0.121. The highest BCUT2D eigenvalue weighted by Crippen LogP contribution is 2.32. The van der Waals surface area contributed by atoms with Crippen LogP contribution in [0.3, 0.4) is 0 Å². The third-order valence-corrected chi connectivity index (χ3v) is 4.73. The molecule has 4 rings (SSSR count). The van der Waals surface area contributed by atoms with Crippen molar-refractivity contribution >= 4 is 11.8 Å². The number of hydrogen-bond donors (Lipinski definition) is 1. The molecule has 1 aliphatic carbocycles. The van der Waals surface area contributed by atoms with Crippen LogP contribution in [0.4, 0.5) is 0 Å². The van der Waals surface area contributed by atoms with Crippen LogP contribution in [0.2, 0.25) is 0 Å². The highest BCUT2D eigenvalue weighted by Gasteiger charge is 2.26. The van der Waals surface area contributed by atoms with Crippen LogP contribution in [0.1, 0.15) is 47.1 Å². The number of rotatable bonds is 5. The molecule has 0 aromatic carbocycles. The van der Waals surface area contributed by atoms with Crippen LogP contribution < -0.4 is 5.32 Å². The van der Waals surface area contributed by atoms with E-state index in [9.17, 15) is 9.59 Å². The van der Waals surface area contributed by atoms with Gasteiger partial charge in [-0.2, -0.15) is 0 Å². The summed E-state index contributed by atoms with van der Waals surface area (Å²) in [5.74, 6) is 2.51. The van der Waals surface area contributed by atoms with E-state index in [1.54, 1.807) is 17.0 Å². The van der Waals surface area contributed by atoms with Crippen LogP contribution in [0.25, 0.3) is 0 Å². The molecule has 132 valence electrons. The van der Waals surface area contributed by atoms with Crippen molar-refractivity contribution in [3.63, 3.8) is 0 Å². The first kappa shape index (κ1) is 15.9. The number of aromatic nitrogens is 2. The van der Waals surface area contributed by atoms with Crippen LogP contribution in [-0.2, 0) is 24.4 Å². The second-order valence-corrected chi connectivity index (χ2v) is 6.90. The first-order valence-electron chi connectivity index (χ1n) is 8.76. The van der Waals surface area contributed by atoms with E-state index in [-0.39, 0.29) is 11.8 Å². The predicted molar refractivity (Wildman–Crippen MR) is 89.6 cm³/mol. The number of hydrogen-bond acceptors (Lipinski definition) is 4. The Morgan fingerprint density at radius 2 is 2.16 bits per heavy atom. The van der Waals surface area contributed by atoms with Crippen molar-refractivity contribution in [1.29, 1.82) is 0 Å². The fraction of sp³-hybridized carbons (Fsp3) is 0.500. The van der Waals surface area contributed by atoms with Gasteiger partial charge < -0.3 is 19.2 Å². The van der Waals surface area contributed by atoms with Crippen molar-refractivity contribution in [3.8, 4) is 0 Å². The molecule has 0 radical (unpaired) electrons. The van der Waals surface area contributed by atoms with E-state index in [1.165, 1.54) is 12.8 Å². The monoisotopic (exact) mass is 342 g/mol. The summed E-state index contributed by atoms with van der Waals surface area (Å²) in [4.78, 5) is 30.6. The minimum absolute atomic E-state index is 0.0958. The molecule has 3 heterocycles. The van der Waals surface area contributed by atoms with Gasteiger partial charge >= 0.3 is 0 Å². The van der Waals surface area contributed by atoms with Crippen molar-refractivity contribution in [2.45, 2.75) is 45.8 Å². The van der Waals surface area contributed by atoms with Crippen LogP contribution in [0.5, 0.6) is 0 Å². The minimum Gasteiger partial charge on any atom is -0.456 e. The minimum atomic E-state index is -0.110. The van der Waals surface area contributed by atoms with Crippen LogP contribution in [-0.4, -0.2) is 32.8 Å². The molecule has 2 aliphatic rings. The third-order valence-electron chi connectivity index (χ3n) is 4.73. The van der Waals surface area contributed by atoms with Gasteiger partial charge in [-0.1, -0.05) is 0 Å². The maximum atomic E-state index is 12.5. The van der Waals surface area contributed by atoms with Gasteiger partial charge in [0.2, 0.25) is 5.91 Å². The molecule has 25 heavy (non-hydrogen) atoms. The van der Waals surface area contributed by atoms with E-state index in [0.29, 0.717) is 44.3 Å². The molecular formula is C18H22N4O3. The first-order chi connectivity index (χ1) is 12.1. The summed E-state index contributed by atoms with van der Waals surface area (Å²) in [5, 5.41) is 2.93. The number of imidazole rings is 1. The van der Waals surface area contributed by atoms with Crippen molar-refractivity contribution in [1.82, 2.24) is 19.8 Å². The van der Waals surface area contributed by atoms with Gasteiger partial charge in [0.05, 0.1) is 18.8 Å². The number of aryl methyl sites for hydroxylation is 1. The zero-order valence-electron chi connectivity index (χ0n) is 14.3. The summed E-state index contributed by atoms with van der Waals surface area (Å²) in [6.07, 6.45) is 4.93. The van der Waals surface area contributed by atoms with Gasteiger partial charge in [0, 0.05) is 25.7 Å². The van der Waals surface area contributed by atoms with Crippen molar-refractivity contribution in [3.05, 3.63) is 41.4 Å². The van der Waals surface area contributed by atoms with Crippen molar-refractivity contribution < 1.29 is 14.0 Å². The SMILES string of the molecule is Cc1ccc(C(=O)N2CCn3cc(CNC(=O)CC4CC4)nc3C2)o1. The zero-order chi connectivity index (χ0) is 17.4. The number of nitrogens with zero attached hydrogens (tertiary/aromatic N) is 3. The summed E-state index contributed by atoms with van der Waals surface area (Å²) < 4.78 is 7.48. The molecule has 7 heteroatoms. The molecule has 0 spiro atoms. The Kier molecular flexibility index (Phi) is 4.07. The van der Waals surface area contributed by atoms with E-state index < -0.39 is 0 Å². The number of carbonyl (C=O) groups excluding carboxylic acids is 2. The molecule has 2 aromatic rings. The smallest absolute Gasteiger partial charge is 0.290 e. The molecule has 0 atom stereocenters. The molecule has 2 amide bonds. The Labute approximate surface area is 146 Å². The predicted octanol–water partition coefficient (Wildman–Crippen LogP) is 1.86. The highest BCUT2D eigenvalue weighted by atomic mass is 16.3. The normalized spacial score (nSPS) is 16.6. The fourth-order valence-corrected chi connectivity index (χ4v) is 3.12. The van der Waals surface area contributed by atoms with Gasteiger partial charge in [0.15, 0.2) is 5.76 Å². The highest BCUT2D eigenvalue weighted by molar-refractivity contribution is 5.91. The number of nitrogens with one attached hydrogen (secondary N) is 1. The Balaban J connectivity index is 1.37. The van der Waals surface area contributed by atoms with Crippen molar-refractivity contribution in [2.24, 2.45) is 5.92 Å². The summed E-state index contributed by atoms with van der Waals surface area (Å²) in [7, 11) is 0. The van der Waals surface area contributed by atoms with Gasteiger partial charge in [-0.05, 0) is 37.8 Å². The number of carbonyl (C=O) groups is 2. The molecule has 1 aliphatic heterocycles. The molecule has 0 saturated heterocycles. The van der Waals surface area contributed by atoms with Crippen molar-refractivity contribution in [2.75, 3.05) is 6.54 Å². The molecule has 1 N–H and O–H groups in total. The average molecular weight is 342 g/mol. The van der Waals surface area contributed by atoms with Gasteiger partial charge in [0.1, 0.15) is 11.6 Å². The first-order valence-corrected chi connectivity index (χ1v) is 8.76. The number of fused-ring (bicyclic) bond motifs is 1. The van der Waals surface area contributed by atoms with E-state index in [4.69, 9.17) is 4.42 Å². The van der Waals surface area contributed by atoms with Gasteiger partial charge in [-0.25, -0.2) is 4.98 Å². The lowest BCUT2D eigenvalue weighted by Crippen LogP contribution is -2.38. The Morgan fingerprint density at radius 1 is 1.32 bits per heavy atom. The Morgan fingerprint density at radius 3 is 2.88 bits per heavy atom. The van der Waals surface area contributed by atoms with Crippen LogP contribution in [0, 0.1) is 12.8 Å². The average Bonchev–Trinajstić information content (AvgIpc) is 3.15. The quantitative estimate of drug-likeness (QED) is 0.899. The Bertz CT molecular complexity index is 803. The zero-order valence-corrected chi connectivity index (χ0v) is 14.3. The van der Waals surface area contributed by atoms with E-state index >= 15 is 0 Å². The largest absolute Gasteiger partial charge is 0.456 e. The molecule has 0 bridgehead atoms.